The van der Waals surface area contributed by atoms with Gasteiger partial charge in [0, 0.05) is 4.47 Å². The third-order valence-corrected chi connectivity index (χ3v) is 4.29. The van der Waals surface area contributed by atoms with Crippen molar-refractivity contribution in [2.45, 2.75) is 13.5 Å². The van der Waals surface area contributed by atoms with Crippen LogP contribution in [0.1, 0.15) is 18.1 Å². The fourth-order valence-electron chi connectivity index (χ4n) is 2.47. The smallest absolute Gasteiger partial charge is 0.0666 e. The molecule has 0 heterocycles. The predicted molar refractivity (Wildman–Crippen MR) is 105 cm³/mol. The number of hydrogen-bond acceptors (Lipinski definition) is 2. The zero-order valence-electron chi connectivity index (χ0n) is 13.6. The number of hydrazone groups is 1. The van der Waals surface area contributed by atoms with Crippen molar-refractivity contribution in [3.05, 3.63) is 101 Å². The molecule has 0 atom stereocenters. The lowest BCUT2D eigenvalue weighted by Crippen LogP contribution is -2.18. The van der Waals surface area contributed by atoms with Crippen LogP contribution in [0.15, 0.2) is 94.5 Å². The minimum atomic E-state index is 0.735. The highest BCUT2D eigenvalue weighted by Gasteiger charge is 2.07. The molecule has 0 unspecified atom stereocenters. The van der Waals surface area contributed by atoms with Gasteiger partial charge in [-0.25, -0.2) is 0 Å². The van der Waals surface area contributed by atoms with Crippen LogP contribution in [0.4, 0.5) is 5.69 Å². The normalized spacial score (nSPS) is 11.3. The number of rotatable bonds is 5. The Morgan fingerprint density at radius 2 is 1.42 bits per heavy atom. The first-order chi connectivity index (χ1) is 11.7. The van der Waals surface area contributed by atoms with Crippen molar-refractivity contribution >= 4 is 27.3 Å². The van der Waals surface area contributed by atoms with Crippen molar-refractivity contribution in [1.82, 2.24) is 0 Å². The van der Waals surface area contributed by atoms with Crippen molar-refractivity contribution in [2.75, 3.05) is 5.01 Å². The third kappa shape index (κ3) is 4.33. The average molecular weight is 379 g/mol. The summed E-state index contributed by atoms with van der Waals surface area (Å²) in [5.41, 5.74) is 4.42. The molecule has 0 saturated carbocycles. The molecule has 0 aliphatic rings. The van der Waals surface area contributed by atoms with E-state index in [1.54, 1.807) is 0 Å². The summed E-state index contributed by atoms with van der Waals surface area (Å²) < 4.78 is 1.07. The van der Waals surface area contributed by atoms with Crippen LogP contribution in [0, 0.1) is 0 Å². The van der Waals surface area contributed by atoms with Gasteiger partial charge in [-0.2, -0.15) is 5.10 Å². The first-order valence-electron chi connectivity index (χ1n) is 7.90. The molecular weight excluding hydrogens is 360 g/mol. The second kappa shape index (κ2) is 7.93. The van der Waals surface area contributed by atoms with E-state index in [2.05, 4.69) is 64.5 Å². The number of anilines is 1. The van der Waals surface area contributed by atoms with Crippen molar-refractivity contribution in [3.8, 4) is 0 Å². The Morgan fingerprint density at radius 1 is 0.833 bits per heavy atom. The summed E-state index contributed by atoms with van der Waals surface area (Å²) in [6, 6.07) is 28.9. The number of hydrogen-bond donors (Lipinski definition) is 0. The first-order valence-corrected chi connectivity index (χ1v) is 8.69. The van der Waals surface area contributed by atoms with E-state index in [1.807, 2.05) is 48.3 Å². The second-order valence-corrected chi connectivity index (χ2v) is 6.49. The predicted octanol–water partition coefficient (Wildman–Crippen LogP) is 5.88. The lowest BCUT2D eigenvalue weighted by Gasteiger charge is -2.20. The van der Waals surface area contributed by atoms with Gasteiger partial charge in [-0.15, -0.1) is 0 Å². The summed E-state index contributed by atoms with van der Waals surface area (Å²) in [7, 11) is 0. The van der Waals surface area contributed by atoms with E-state index in [-0.39, 0.29) is 0 Å². The van der Waals surface area contributed by atoms with Gasteiger partial charge in [0.25, 0.3) is 0 Å². The SMILES string of the molecule is C/C(=N\N(Cc1ccccc1)c1ccccc1)c1ccc(Br)cc1. The van der Waals surface area contributed by atoms with Crippen LogP contribution >= 0.6 is 15.9 Å². The van der Waals surface area contributed by atoms with Crippen molar-refractivity contribution in [1.29, 1.82) is 0 Å². The molecule has 3 aromatic carbocycles. The van der Waals surface area contributed by atoms with Crippen LogP contribution in [-0.2, 0) is 6.54 Å². The topological polar surface area (TPSA) is 15.6 Å². The summed E-state index contributed by atoms with van der Waals surface area (Å²) in [5.74, 6) is 0. The summed E-state index contributed by atoms with van der Waals surface area (Å²) in [6.07, 6.45) is 0. The van der Waals surface area contributed by atoms with Crippen LogP contribution < -0.4 is 5.01 Å². The van der Waals surface area contributed by atoms with Crippen LogP contribution in [0.2, 0.25) is 0 Å². The summed E-state index contributed by atoms with van der Waals surface area (Å²) in [6.45, 7) is 2.78. The molecule has 3 rings (SSSR count). The van der Waals surface area contributed by atoms with Gasteiger partial charge >= 0.3 is 0 Å². The molecule has 3 heteroatoms. The molecule has 0 N–H and O–H groups in total. The average Bonchev–Trinajstić information content (AvgIpc) is 2.63. The molecule has 0 spiro atoms. The van der Waals surface area contributed by atoms with E-state index >= 15 is 0 Å². The fraction of sp³-hybridized carbons (Fsp3) is 0.0952. The van der Waals surface area contributed by atoms with E-state index < -0.39 is 0 Å². The Morgan fingerprint density at radius 3 is 2.04 bits per heavy atom. The van der Waals surface area contributed by atoms with Gasteiger partial charge in [0.2, 0.25) is 0 Å². The van der Waals surface area contributed by atoms with Crippen LogP contribution in [0.5, 0.6) is 0 Å². The van der Waals surface area contributed by atoms with Crippen LogP contribution in [-0.4, -0.2) is 5.71 Å². The Kier molecular flexibility index (Phi) is 5.44. The monoisotopic (exact) mass is 378 g/mol. The maximum absolute atomic E-state index is 4.88. The molecule has 0 fully saturated rings. The Bertz CT molecular complexity index is 796. The van der Waals surface area contributed by atoms with Gasteiger partial charge in [-0.05, 0) is 42.3 Å². The van der Waals surface area contributed by atoms with E-state index in [4.69, 9.17) is 5.10 Å². The van der Waals surface area contributed by atoms with Crippen molar-refractivity contribution in [3.63, 3.8) is 0 Å². The molecule has 120 valence electrons. The highest BCUT2D eigenvalue weighted by atomic mass is 79.9. The second-order valence-electron chi connectivity index (χ2n) is 5.57. The molecule has 0 aliphatic carbocycles. The summed E-state index contributed by atoms with van der Waals surface area (Å²) >= 11 is 3.48. The highest BCUT2D eigenvalue weighted by Crippen LogP contribution is 2.19. The highest BCUT2D eigenvalue weighted by molar-refractivity contribution is 9.10. The Hall–Kier alpha value is -2.39. The Labute approximate surface area is 151 Å². The lowest BCUT2D eigenvalue weighted by molar-refractivity contribution is 0.854. The number of nitrogens with zero attached hydrogens (tertiary/aromatic N) is 2. The number of para-hydroxylation sites is 1. The van der Waals surface area contributed by atoms with E-state index in [1.165, 1.54) is 5.56 Å². The molecule has 0 aromatic heterocycles. The molecule has 0 amide bonds. The van der Waals surface area contributed by atoms with Gasteiger partial charge in [-0.1, -0.05) is 76.6 Å². The quantitative estimate of drug-likeness (QED) is 0.399. The van der Waals surface area contributed by atoms with Gasteiger partial charge in [0.15, 0.2) is 0 Å². The molecular formula is C21H19BrN2. The van der Waals surface area contributed by atoms with Crippen molar-refractivity contribution in [2.24, 2.45) is 5.10 Å². The van der Waals surface area contributed by atoms with Crippen LogP contribution in [0.25, 0.3) is 0 Å². The van der Waals surface area contributed by atoms with Gasteiger partial charge < -0.3 is 0 Å². The fourth-order valence-corrected chi connectivity index (χ4v) is 2.74. The molecule has 0 radical (unpaired) electrons. The van der Waals surface area contributed by atoms with Gasteiger partial charge in [0.05, 0.1) is 17.9 Å². The molecule has 2 nitrogen and oxygen atoms in total. The summed E-state index contributed by atoms with van der Waals surface area (Å²) in [4.78, 5) is 0. The standard InChI is InChI=1S/C21H19BrN2/c1-17(19-12-14-20(22)15-13-19)23-24(21-10-6-3-7-11-21)16-18-8-4-2-5-9-18/h2-15H,16H2,1H3/b23-17+. The van der Waals surface area contributed by atoms with E-state index in [9.17, 15) is 0 Å². The van der Waals surface area contributed by atoms with Gasteiger partial charge in [-0.3, -0.25) is 5.01 Å². The summed E-state index contributed by atoms with van der Waals surface area (Å²) in [5, 5.41) is 6.92. The zero-order valence-corrected chi connectivity index (χ0v) is 15.1. The maximum Gasteiger partial charge on any atom is 0.0666 e. The minimum absolute atomic E-state index is 0.735. The zero-order chi connectivity index (χ0) is 16.8. The Balaban J connectivity index is 1.92. The number of halogens is 1. The minimum Gasteiger partial charge on any atom is -0.261 e. The molecule has 24 heavy (non-hydrogen) atoms. The van der Waals surface area contributed by atoms with Gasteiger partial charge in [0.1, 0.15) is 0 Å². The number of benzene rings is 3. The molecule has 0 aliphatic heterocycles. The molecule has 3 aromatic rings. The first kappa shape index (κ1) is 16.5. The molecule has 0 bridgehead atoms. The van der Waals surface area contributed by atoms with E-state index in [0.717, 1.165) is 28.0 Å². The third-order valence-electron chi connectivity index (χ3n) is 3.76. The molecule has 0 saturated heterocycles. The lowest BCUT2D eigenvalue weighted by atomic mass is 10.1. The van der Waals surface area contributed by atoms with Crippen LogP contribution in [0.3, 0.4) is 0 Å². The van der Waals surface area contributed by atoms with E-state index in [0.29, 0.717) is 0 Å². The van der Waals surface area contributed by atoms with Crippen molar-refractivity contribution < 1.29 is 0 Å². The maximum atomic E-state index is 4.88. The largest absolute Gasteiger partial charge is 0.261 e.